The van der Waals surface area contributed by atoms with E-state index in [2.05, 4.69) is 166 Å². The highest BCUT2D eigenvalue weighted by molar-refractivity contribution is 6.11. The summed E-state index contributed by atoms with van der Waals surface area (Å²) in [5, 5.41) is 4.91. The summed E-state index contributed by atoms with van der Waals surface area (Å²) in [6.07, 6.45) is 6.82. The highest BCUT2D eigenvalue weighted by Crippen LogP contribution is 2.51. The third kappa shape index (κ3) is 4.57. The summed E-state index contributed by atoms with van der Waals surface area (Å²) in [5.41, 5.74) is 9.37. The van der Waals surface area contributed by atoms with Crippen molar-refractivity contribution in [1.82, 2.24) is 19.1 Å². The number of nitrogens with zero attached hydrogens (tertiary/aromatic N) is 5. The highest BCUT2D eigenvalue weighted by atomic mass is 15.2. The lowest BCUT2D eigenvalue weighted by atomic mass is 9.63. The van der Waals surface area contributed by atoms with Crippen LogP contribution < -0.4 is 4.90 Å². The van der Waals surface area contributed by atoms with Gasteiger partial charge in [0.25, 0.3) is 0 Å². The van der Waals surface area contributed by atoms with Gasteiger partial charge in [-0.05, 0) is 91.5 Å². The second-order valence-electron chi connectivity index (χ2n) is 15.9. The van der Waals surface area contributed by atoms with Crippen molar-refractivity contribution in [2.75, 3.05) is 4.90 Å². The third-order valence-corrected chi connectivity index (χ3v) is 12.8. The minimum Gasteiger partial charge on any atom is -0.365 e. The summed E-state index contributed by atoms with van der Waals surface area (Å²) in [6.45, 7) is 0. The number of benzene rings is 6. The smallest absolute Gasteiger partial charge is 0.163 e. The molecule has 9 aromatic rings. The average molecular weight is 698 g/mol. The zero-order valence-corrected chi connectivity index (χ0v) is 30.0. The second kappa shape index (κ2) is 11.6. The van der Waals surface area contributed by atoms with Gasteiger partial charge in [0.15, 0.2) is 5.82 Å². The van der Waals surface area contributed by atoms with Crippen molar-refractivity contribution in [3.63, 3.8) is 0 Å². The lowest BCUT2D eigenvalue weighted by molar-refractivity contribution is 0.0900. The first-order valence-corrected chi connectivity index (χ1v) is 19.6. The maximum atomic E-state index is 5.41. The van der Waals surface area contributed by atoms with E-state index in [1.54, 1.807) is 0 Å². The molecule has 13 rings (SSSR count). The molecule has 4 aliphatic rings. The van der Waals surface area contributed by atoms with Crippen molar-refractivity contribution in [2.45, 2.75) is 44.2 Å². The van der Waals surface area contributed by atoms with Crippen LogP contribution in [0.15, 0.2) is 152 Å². The number of rotatable bonds is 5. The van der Waals surface area contributed by atoms with Crippen LogP contribution >= 0.6 is 0 Å². The summed E-state index contributed by atoms with van der Waals surface area (Å²) in [6, 6.07) is 56.2. The Morgan fingerprint density at radius 2 is 0.926 bits per heavy atom. The van der Waals surface area contributed by atoms with E-state index in [9.17, 15) is 0 Å². The third-order valence-electron chi connectivity index (χ3n) is 12.8. The largest absolute Gasteiger partial charge is 0.365 e. The number of hydrogen-bond donors (Lipinski definition) is 0. The lowest BCUT2D eigenvalue weighted by Crippen LogP contribution is -2.58. The molecule has 0 radical (unpaired) electrons. The first-order chi connectivity index (χ1) is 26.7. The Labute approximate surface area is 314 Å². The van der Waals surface area contributed by atoms with Gasteiger partial charge in [-0.1, -0.05) is 109 Å². The predicted molar refractivity (Wildman–Crippen MR) is 222 cm³/mol. The molecule has 54 heavy (non-hydrogen) atoms. The number of fused-ring (bicyclic) bond motifs is 6. The lowest BCUT2D eigenvalue weighted by Gasteiger charge is -2.57. The second-order valence-corrected chi connectivity index (χ2v) is 15.9. The molecule has 5 heteroatoms. The van der Waals surface area contributed by atoms with Gasteiger partial charge >= 0.3 is 0 Å². The zero-order chi connectivity index (χ0) is 35.3. The van der Waals surface area contributed by atoms with Crippen molar-refractivity contribution in [3.8, 4) is 34.2 Å². The van der Waals surface area contributed by atoms with Crippen LogP contribution in [0.2, 0.25) is 0 Å². The van der Waals surface area contributed by atoms with Gasteiger partial charge in [-0.15, -0.1) is 0 Å². The van der Waals surface area contributed by atoms with E-state index in [-0.39, 0.29) is 0 Å². The molecule has 0 N–H and O–H groups in total. The first-order valence-electron chi connectivity index (χ1n) is 19.6. The molecule has 3 aromatic heterocycles. The Balaban J connectivity index is 1.10. The van der Waals surface area contributed by atoms with E-state index in [1.807, 2.05) is 0 Å². The van der Waals surface area contributed by atoms with Gasteiger partial charge in [0, 0.05) is 50.9 Å². The molecule has 0 amide bonds. The topological polar surface area (TPSA) is 38.9 Å². The molecule has 4 bridgehead atoms. The van der Waals surface area contributed by atoms with Crippen LogP contribution in [0.3, 0.4) is 0 Å². The van der Waals surface area contributed by atoms with Gasteiger partial charge in [0.2, 0.25) is 0 Å². The molecule has 0 unspecified atom stereocenters. The molecule has 2 saturated carbocycles. The van der Waals surface area contributed by atoms with Gasteiger partial charge in [-0.3, -0.25) is 9.13 Å². The minimum absolute atomic E-state index is 0.657. The molecule has 260 valence electrons. The molecule has 2 aliphatic heterocycles. The van der Waals surface area contributed by atoms with Gasteiger partial charge in [0.1, 0.15) is 11.6 Å². The minimum atomic E-state index is 0.657. The quantitative estimate of drug-likeness (QED) is 0.180. The Morgan fingerprint density at radius 3 is 1.59 bits per heavy atom. The van der Waals surface area contributed by atoms with Crippen LogP contribution in [0.4, 0.5) is 5.69 Å². The van der Waals surface area contributed by atoms with E-state index < -0.39 is 0 Å². The molecular weight excluding hydrogens is 659 g/mol. The van der Waals surface area contributed by atoms with Crippen molar-refractivity contribution in [1.29, 1.82) is 0 Å². The van der Waals surface area contributed by atoms with E-state index in [1.165, 1.54) is 76.0 Å². The molecule has 4 fully saturated rings. The van der Waals surface area contributed by atoms with Crippen molar-refractivity contribution < 1.29 is 0 Å². The molecule has 5 nitrogen and oxygen atoms in total. The predicted octanol–water partition coefficient (Wildman–Crippen LogP) is 11.8. The number of piperidine rings is 2. The molecule has 6 aromatic carbocycles. The summed E-state index contributed by atoms with van der Waals surface area (Å²) in [4.78, 5) is 13.6. The standard InChI is InChI=1S/C49H39N5/c1-3-11-33(12-4-1)35-19-22-45-42(28-35)40-16-8-10-18-44(40)53(45)47-30-48(51-49(50-47)34-13-5-2-6-14-34)54-43-17-9-7-15-39(43)41-21-20-36(29-46(41)54)52-37-24-31-23-32(26-37)27-38(52)25-31/h1-22,28-32,37-38H,23-27H2. The molecule has 2 aliphatic carbocycles. The maximum Gasteiger partial charge on any atom is 0.163 e. The van der Waals surface area contributed by atoms with Crippen LogP contribution in [0, 0.1) is 11.8 Å². The van der Waals surface area contributed by atoms with Gasteiger partial charge < -0.3 is 4.90 Å². The van der Waals surface area contributed by atoms with Crippen LogP contribution in [-0.2, 0) is 0 Å². The maximum absolute atomic E-state index is 5.41. The first kappa shape index (κ1) is 30.3. The van der Waals surface area contributed by atoms with Gasteiger partial charge in [-0.25, -0.2) is 9.97 Å². The van der Waals surface area contributed by atoms with Crippen LogP contribution in [0.1, 0.15) is 32.1 Å². The van der Waals surface area contributed by atoms with Crippen molar-refractivity contribution in [3.05, 3.63) is 152 Å². The van der Waals surface area contributed by atoms with E-state index in [0.717, 1.165) is 45.6 Å². The van der Waals surface area contributed by atoms with E-state index in [4.69, 9.17) is 9.97 Å². The molecule has 2 saturated heterocycles. The zero-order valence-electron chi connectivity index (χ0n) is 30.0. The summed E-state index contributed by atoms with van der Waals surface area (Å²) in [7, 11) is 0. The SMILES string of the molecule is c1ccc(-c2ccc3c(c2)c2ccccc2n3-c2cc(-n3c4ccccc4c4ccc(N5C6CC7CC(C6)CC5C7)cc43)nc(-c3ccccc3)n2)cc1. The van der Waals surface area contributed by atoms with Crippen LogP contribution in [0.5, 0.6) is 0 Å². The number of anilines is 1. The van der Waals surface area contributed by atoms with Gasteiger partial charge in [-0.2, -0.15) is 0 Å². The molecular formula is C49H39N5. The summed E-state index contributed by atoms with van der Waals surface area (Å²) in [5.74, 6) is 4.27. The number of hydrogen-bond acceptors (Lipinski definition) is 3. The normalized spacial score (nSPS) is 20.6. The van der Waals surface area contributed by atoms with Crippen molar-refractivity contribution in [2.24, 2.45) is 11.8 Å². The van der Waals surface area contributed by atoms with E-state index >= 15 is 0 Å². The number of aromatic nitrogens is 4. The molecule has 0 atom stereocenters. The van der Waals surface area contributed by atoms with Crippen molar-refractivity contribution >= 4 is 49.3 Å². The molecule has 5 heterocycles. The van der Waals surface area contributed by atoms with Crippen LogP contribution in [-0.4, -0.2) is 31.2 Å². The molecule has 0 spiro atoms. The Bertz CT molecular complexity index is 2870. The monoisotopic (exact) mass is 697 g/mol. The number of para-hydroxylation sites is 2. The van der Waals surface area contributed by atoms with E-state index in [0.29, 0.717) is 17.9 Å². The van der Waals surface area contributed by atoms with Crippen LogP contribution in [0.25, 0.3) is 77.8 Å². The summed E-state index contributed by atoms with van der Waals surface area (Å²) < 4.78 is 4.72. The fraction of sp³-hybridized carbons (Fsp3) is 0.184. The average Bonchev–Trinajstić information content (AvgIpc) is 3.73. The fourth-order valence-corrected chi connectivity index (χ4v) is 10.7. The summed E-state index contributed by atoms with van der Waals surface area (Å²) >= 11 is 0. The Morgan fingerprint density at radius 1 is 0.389 bits per heavy atom. The van der Waals surface area contributed by atoms with Gasteiger partial charge in [0.05, 0.1) is 22.1 Å². The Hall–Kier alpha value is -6.20. The Kier molecular flexibility index (Phi) is 6.53. The fourth-order valence-electron chi connectivity index (χ4n) is 10.7. The highest BCUT2D eigenvalue weighted by Gasteiger charge is 2.47.